The summed E-state index contributed by atoms with van der Waals surface area (Å²) in [6.45, 7) is 16.4. The van der Waals surface area contributed by atoms with E-state index in [-0.39, 0.29) is 0 Å². The van der Waals surface area contributed by atoms with E-state index in [0.29, 0.717) is 5.41 Å². The van der Waals surface area contributed by atoms with Crippen LogP contribution in [0.4, 0.5) is 0 Å². The average Bonchev–Trinajstić information content (AvgIpc) is 2.41. The Balaban J connectivity index is 2.66. The maximum Gasteiger partial charge on any atom is 0.0587 e. The average molecular weight is 291 g/mol. The molecule has 0 aliphatic heterocycles. The highest BCUT2D eigenvalue weighted by Crippen LogP contribution is 2.27. The van der Waals surface area contributed by atoms with Gasteiger partial charge in [-0.05, 0) is 73.8 Å². The lowest BCUT2D eigenvalue weighted by Crippen LogP contribution is -2.32. The summed E-state index contributed by atoms with van der Waals surface area (Å²) >= 11 is 0. The van der Waals surface area contributed by atoms with Crippen molar-refractivity contribution in [2.75, 3.05) is 26.8 Å². The van der Waals surface area contributed by atoms with E-state index in [0.717, 1.165) is 19.7 Å². The quantitative estimate of drug-likeness (QED) is 0.728. The first-order valence-corrected chi connectivity index (χ1v) is 8.04. The molecule has 0 radical (unpaired) electrons. The van der Waals surface area contributed by atoms with Gasteiger partial charge in [0.1, 0.15) is 0 Å². The molecule has 0 saturated carbocycles. The van der Waals surface area contributed by atoms with Gasteiger partial charge in [0.15, 0.2) is 0 Å². The predicted octanol–water partition coefficient (Wildman–Crippen LogP) is 4.12. The molecule has 0 aromatic heterocycles. The third-order valence-electron chi connectivity index (χ3n) is 4.66. The summed E-state index contributed by atoms with van der Waals surface area (Å²) in [6, 6.07) is 2.31. The number of aryl methyl sites for hydroxylation is 2. The zero-order valence-corrected chi connectivity index (χ0v) is 15.0. The zero-order chi connectivity index (χ0) is 16.0. The smallest absolute Gasteiger partial charge is 0.0587 e. The Morgan fingerprint density at radius 3 is 2.14 bits per heavy atom. The van der Waals surface area contributed by atoms with Crippen molar-refractivity contribution in [3.63, 3.8) is 0 Å². The highest BCUT2D eigenvalue weighted by Gasteiger charge is 2.19. The van der Waals surface area contributed by atoms with Crippen molar-refractivity contribution >= 4 is 0 Å². The minimum atomic E-state index is 0.310. The molecular formula is C19H33NO. The van der Waals surface area contributed by atoms with Gasteiger partial charge in [-0.1, -0.05) is 19.9 Å². The van der Waals surface area contributed by atoms with E-state index in [1.54, 1.807) is 12.7 Å². The highest BCUT2D eigenvalue weighted by atomic mass is 16.5. The van der Waals surface area contributed by atoms with Gasteiger partial charge >= 0.3 is 0 Å². The first-order chi connectivity index (χ1) is 9.78. The van der Waals surface area contributed by atoms with Crippen LogP contribution < -0.4 is 5.32 Å². The van der Waals surface area contributed by atoms with Gasteiger partial charge in [-0.15, -0.1) is 0 Å². The molecule has 1 aromatic rings. The summed E-state index contributed by atoms with van der Waals surface area (Å²) in [4.78, 5) is 0. The van der Waals surface area contributed by atoms with Crippen LogP contribution in [0.3, 0.4) is 0 Å². The van der Waals surface area contributed by atoms with E-state index < -0.39 is 0 Å². The first kappa shape index (κ1) is 18.2. The molecule has 2 nitrogen and oxygen atoms in total. The van der Waals surface area contributed by atoms with Crippen LogP contribution in [0.2, 0.25) is 0 Å². The summed E-state index contributed by atoms with van der Waals surface area (Å²) in [6.07, 6.45) is 2.37. The largest absolute Gasteiger partial charge is 0.383 e. The molecule has 0 fully saturated rings. The third kappa shape index (κ3) is 5.44. The van der Waals surface area contributed by atoms with Crippen molar-refractivity contribution in [3.05, 3.63) is 33.9 Å². The topological polar surface area (TPSA) is 21.3 Å². The molecule has 0 bridgehead atoms. The second kappa shape index (κ2) is 7.95. The second-order valence-corrected chi connectivity index (χ2v) is 7.07. The van der Waals surface area contributed by atoms with Gasteiger partial charge in [0.25, 0.3) is 0 Å². The number of ether oxygens (including phenoxy) is 1. The molecule has 21 heavy (non-hydrogen) atoms. The lowest BCUT2D eigenvalue weighted by Gasteiger charge is -2.26. The Morgan fingerprint density at radius 2 is 1.62 bits per heavy atom. The van der Waals surface area contributed by atoms with Gasteiger partial charge in [0, 0.05) is 20.2 Å². The van der Waals surface area contributed by atoms with Crippen LogP contribution in [0.1, 0.15) is 48.1 Å². The Labute approximate surface area is 131 Å². The highest BCUT2D eigenvalue weighted by molar-refractivity contribution is 5.44. The number of benzene rings is 1. The maximum absolute atomic E-state index is 5.08. The van der Waals surface area contributed by atoms with Gasteiger partial charge in [0.2, 0.25) is 0 Å². The third-order valence-corrected chi connectivity index (χ3v) is 4.66. The van der Waals surface area contributed by atoms with Gasteiger partial charge in [-0.3, -0.25) is 0 Å². The molecule has 1 aromatic carbocycles. The van der Waals surface area contributed by atoms with Gasteiger partial charge in [-0.25, -0.2) is 0 Å². The number of rotatable bonds is 8. The standard InChI is InChI=1S/C19H33NO/c1-14-12-15(2)17(4)18(16(14)3)8-9-19(5,6)13-20-10-11-21-7/h12,20H,8-11,13H2,1-7H3. The number of nitrogens with one attached hydrogen (secondary N) is 1. The molecule has 1 N–H and O–H groups in total. The van der Waals surface area contributed by atoms with E-state index in [4.69, 9.17) is 4.74 Å². The maximum atomic E-state index is 5.08. The molecular weight excluding hydrogens is 258 g/mol. The molecule has 0 spiro atoms. The van der Waals surface area contributed by atoms with Crippen molar-refractivity contribution in [2.45, 2.75) is 54.4 Å². The lowest BCUT2D eigenvalue weighted by molar-refractivity contribution is 0.193. The lowest BCUT2D eigenvalue weighted by atomic mass is 9.83. The van der Waals surface area contributed by atoms with Crippen molar-refractivity contribution in [2.24, 2.45) is 5.41 Å². The van der Waals surface area contributed by atoms with E-state index in [2.05, 4.69) is 52.9 Å². The van der Waals surface area contributed by atoms with E-state index in [9.17, 15) is 0 Å². The fourth-order valence-electron chi connectivity index (χ4n) is 2.83. The van der Waals surface area contributed by atoms with E-state index in [1.807, 2.05) is 0 Å². The fraction of sp³-hybridized carbons (Fsp3) is 0.684. The SMILES string of the molecule is COCCNCC(C)(C)CCc1c(C)c(C)cc(C)c1C. The van der Waals surface area contributed by atoms with E-state index >= 15 is 0 Å². The van der Waals surface area contributed by atoms with Crippen molar-refractivity contribution in [1.29, 1.82) is 0 Å². The van der Waals surface area contributed by atoms with Gasteiger partial charge < -0.3 is 10.1 Å². The Hall–Kier alpha value is -0.860. The number of methoxy groups -OCH3 is 1. The van der Waals surface area contributed by atoms with Gasteiger partial charge in [0.05, 0.1) is 6.61 Å². The van der Waals surface area contributed by atoms with Crippen LogP contribution in [0.5, 0.6) is 0 Å². The fourth-order valence-corrected chi connectivity index (χ4v) is 2.83. The Morgan fingerprint density at radius 1 is 1.05 bits per heavy atom. The Kier molecular flexibility index (Phi) is 6.89. The molecule has 0 heterocycles. The molecule has 0 saturated heterocycles. The molecule has 0 amide bonds. The van der Waals surface area contributed by atoms with Crippen molar-refractivity contribution < 1.29 is 4.74 Å². The molecule has 0 aliphatic carbocycles. The molecule has 0 aliphatic rings. The summed E-state index contributed by atoms with van der Waals surface area (Å²) < 4.78 is 5.08. The van der Waals surface area contributed by atoms with Crippen LogP contribution in [-0.2, 0) is 11.2 Å². The second-order valence-electron chi connectivity index (χ2n) is 7.07. The van der Waals surface area contributed by atoms with Crippen LogP contribution in [0.15, 0.2) is 6.07 Å². The van der Waals surface area contributed by atoms with Gasteiger partial charge in [-0.2, -0.15) is 0 Å². The monoisotopic (exact) mass is 291 g/mol. The normalized spacial score (nSPS) is 12.0. The number of hydrogen-bond acceptors (Lipinski definition) is 2. The molecule has 0 unspecified atom stereocenters. The summed E-state index contributed by atoms with van der Waals surface area (Å²) in [5.41, 5.74) is 7.65. The van der Waals surface area contributed by atoms with Crippen LogP contribution >= 0.6 is 0 Å². The summed E-state index contributed by atoms with van der Waals surface area (Å²) in [5.74, 6) is 0. The molecule has 120 valence electrons. The summed E-state index contributed by atoms with van der Waals surface area (Å²) in [7, 11) is 1.75. The van der Waals surface area contributed by atoms with Crippen molar-refractivity contribution in [3.8, 4) is 0 Å². The minimum absolute atomic E-state index is 0.310. The summed E-state index contributed by atoms with van der Waals surface area (Å²) in [5, 5.41) is 3.49. The Bertz CT molecular complexity index is 437. The van der Waals surface area contributed by atoms with Crippen LogP contribution in [0, 0.1) is 33.1 Å². The molecule has 2 heteroatoms. The molecule has 1 rings (SSSR count). The van der Waals surface area contributed by atoms with Crippen LogP contribution in [0.25, 0.3) is 0 Å². The minimum Gasteiger partial charge on any atom is -0.383 e. The molecule has 0 atom stereocenters. The number of hydrogen-bond donors (Lipinski definition) is 1. The predicted molar refractivity (Wildman–Crippen MR) is 92.2 cm³/mol. The van der Waals surface area contributed by atoms with E-state index in [1.165, 1.54) is 35.1 Å². The van der Waals surface area contributed by atoms with Crippen LogP contribution in [-0.4, -0.2) is 26.8 Å². The first-order valence-electron chi connectivity index (χ1n) is 8.04. The zero-order valence-electron chi connectivity index (χ0n) is 15.0. The van der Waals surface area contributed by atoms with Crippen molar-refractivity contribution in [1.82, 2.24) is 5.32 Å².